The van der Waals surface area contributed by atoms with Crippen LogP contribution in [0.25, 0.3) is 0 Å². The van der Waals surface area contributed by atoms with Gasteiger partial charge < -0.3 is 10.5 Å². The predicted octanol–water partition coefficient (Wildman–Crippen LogP) is 2.68. The van der Waals surface area contributed by atoms with Crippen molar-refractivity contribution in [2.45, 2.75) is 38.1 Å². The second kappa shape index (κ2) is 4.67. The summed E-state index contributed by atoms with van der Waals surface area (Å²) < 4.78 is 5.63. The Morgan fingerprint density at radius 3 is 3.07 bits per heavy atom. The molecule has 82 valence electrons. The lowest BCUT2D eigenvalue weighted by atomic mass is 9.85. The zero-order valence-electron chi connectivity index (χ0n) is 9.28. The molecule has 0 bridgehead atoms. The van der Waals surface area contributed by atoms with E-state index >= 15 is 0 Å². The summed E-state index contributed by atoms with van der Waals surface area (Å²) in [7, 11) is 0. The highest BCUT2D eigenvalue weighted by atomic mass is 16.5. The Balaban J connectivity index is 2.21. The van der Waals surface area contributed by atoms with Crippen molar-refractivity contribution >= 4 is 0 Å². The fraction of sp³-hybridized carbons (Fsp3) is 0.538. The van der Waals surface area contributed by atoms with Crippen LogP contribution >= 0.6 is 0 Å². The Hall–Kier alpha value is -1.02. The van der Waals surface area contributed by atoms with Crippen LogP contribution in [0.1, 0.15) is 37.7 Å². The van der Waals surface area contributed by atoms with E-state index in [0.29, 0.717) is 5.92 Å². The highest BCUT2D eigenvalue weighted by molar-refractivity contribution is 5.38. The first-order chi connectivity index (χ1) is 7.33. The van der Waals surface area contributed by atoms with Crippen LogP contribution in [0.15, 0.2) is 24.3 Å². The third-order valence-electron chi connectivity index (χ3n) is 3.14. The molecule has 2 nitrogen and oxygen atoms in total. The summed E-state index contributed by atoms with van der Waals surface area (Å²) >= 11 is 0. The van der Waals surface area contributed by atoms with Crippen molar-refractivity contribution < 1.29 is 4.74 Å². The lowest BCUT2D eigenvalue weighted by molar-refractivity contribution is 0.252. The zero-order valence-corrected chi connectivity index (χ0v) is 9.28. The summed E-state index contributed by atoms with van der Waals surface area (Å²) in [5, 5.41) is 0. The minimum Gasteiger partial charge on any atom is -0.493 e. The molecule has 1 heterocycles. The van der Waals surface area contributed by atoms with E-state index in [2.05, 4.69) is 19.1 Å². The number of ether oxygens (including phenoxy) is 1. The Bertz CT molecular complexity index is 324. The second-order valence-corrected chi connectivity index (χ2v) is 4.23. The van der Waals surface area contributed by atoms with Crippen LogP contribution < -0.4 is 10.5 Å². The third kappa shape index (κ3) is 2.15. The van der Waals surface area contributed by atoms with E-state index in [1.54, 1.807) is 0 Å². The number of fused-ring (bicyclic) bond motifs is 1. The molecule has 1 aliphatic heterocycles. The number of rotatable bonds is 3. The third-order valence-corrected chi connectivity index (χ3v) is 3.14. The summed E-state index contributed by atoms with van der Waals surface area (Å²) in [5.74, 6) is 1.51. The Morgan fingerprint density at radius 1 is 1.47 bits per heavy atom. The summed E-state index contributed by atoms with van der Waals surface area (Å²) in [4.78, 5) is 0. The van der Waals surface area contributed by atoms with Gasteiger partial charge in [0.05, 0.1) is 6.61 Å². The van der Waals surface area contributed by atoms with Gasteiger partial charge in [0.25, 0.3) is 0 Å². The maximum Gasteiger partial charge on any atom is 0.122 e. The van der Waals surface area contributed by atoms with Crippen molar-refractivity contribution in [1.82, 2.24) is 0 Å². The molecule has 1 aromatic rings. The molecule has 15 heavy (non-hydrogen) atoms. The van der Waals surface area contributed by atoms with Gasteiger partial charge in [-0.25, -0.2) is 0 Å². The SMILES string of the molecule is CCC[C@@H](N)C1CCOc2ccccc21. The molecule has 2 N–H and O–H groups in total. The van der Waals surface area contributed by atoms with Gasteiger partial charge in [-0.3, -0.25) is 0 Å². The topological polar surface area (TPSA) is 35.2 Å². The van der Waals surface area contributed by atoms with Gasteiger partial charge in [-0.05, 0) is 24.5 Å². The molecule has 2 heteroatoms. The normalized spacial score (nSPS) is 21.6. The predicted molar refractivity (Wildman–Crippen MR) is 62.2 cm³/mol. The number of hydrogen-bond donors (Lipinski definition) is 1. The quantitative estimate of drug-likeness (QED) is 0.823. The van der Waals surface area contributed by atoms with Crippen LogP contribution in [-0.2, 0) is 0 Å². The van der Waals surface area contributed by atoms with Gasteiger partial charge in [0.2, 0.25) is 0 Å². The van der Waals surface area contributed by atoms with Crippen LogP contribution in [0.2, 0.25) is 0 Å². The summed E-state index contributed by atoms with van der Waals surface area (Å²) in [6.45, 7) is 2.99. The van der Waals surface area contributed by atoms with E-state index in [-0.39, 0.29) is 6.04 Å². The first kappa shape index (κ1) is 10.5. The average molecular weight is 205 g/mol. The number of nitrogens with two attached hydrogens (primary N) is 1. The second-order valence-electron chi connectivity index (χ2n) is 4.23. The molecule has 0 fully saturated rings. The highest BCUT2D eigenvalue weighted by Gasteiger charge is 2.25. The van der Waals surface area contributed by atoms with Gasteiger partial charge in [-0.2, -0.15) is 0 Å². The van der Waals surface area contributed by atoms with E-state index in [4.69, 9.17) is 10.5 Å². The van der Waals surface area contributed by atoms with Crippen LogP contribution in [0, 0.1) is 0 Å². The largest absolute Gasteiger partial charge is 0.493 e. The van der Waals surface area contributed by atoms with Gasteiger partial charge in [0, 0.05) is 12.0 Å². The summed E-state index contributed by atoms with van der Waals surface area (Å²) in [6, 6.07) is 8.56. The van der Waals surface area contributed by atoms with Crippen molar-refractivity contribution in [1.29, 1.82) is 0 Å². The van der Waals surface area contributed by atoms with E-state index in [1.807, 2.05) is 12.1 Å². The van der Waals surface area contributed by atoms with Gasteiger partial charge in [-0.1, -0.05) is 31.5 Å². The van der Waals surface area contributed by atoms with E-state index in [9.17, 15) is 0 Å². The number of para-hydroxylation sites is 1. The van der Waals surface area contributed by atoms with Crippen LogP contribution in [0.5, 0.6) is 5.75 Å². The first-order valence-electron chi connectivity index (χ1n) is 5.80. The molecule has 0 saturated carbocycles. The van der Waals surface area contributed by atoms with Crippen molar-refractivity contribution in [2.75, 3.05) is 6.61 Å². The maximum absolute atomic E-state index is 6.22. The molecule has 1 aliphatic rings. The smallest absolute Gasteiger partial charge is 0.122 e. The highest BCUT2D eigenvalue weighted by Crippen LogP contribution is 2.35. The van der Waals surface area contributed by atoms with Crippen LogP contribution in [0.3, 0.4) is 0 Å². The fourth-order valence-corrected chi connectivity index (χ4v) is 2.35. The van der Waals surface area contributed by atoms with Crippen molar-refractivity contribution in [3.8, 4) is 5.75 Å². The average Bonchev–Trinajstić information content (AvgIpc) is 2.28. The monoisotopic (exact) mass is 205 g/mol. The molecule has 2 atom stereocenters. The molecule has 0 aromatic heterocycles. The Kier molecular flexibility index (Phi) is 3.27. The molecule has 0 radical (unpaired) electrons. The standard InChI is InChI=1S/C13H19NO/c1-2-5-12(14)10-8-9-15-13-7-4-3-6-11(10)13/h3-4,6-7,10,12H,2,5,8-9,14H2,1H3/t10?,12-/m1/s1. The molecule has 0 saturated heterocycles. The van der Waals surface area contributed by atoms with Gasteiger partial charge >= 0.3 is 0 Å². The maximum atomic E-state index is 6.22. The lowest BCUT2D eigenvalue weighted by Gasteiger charge is -2.30. The molecule has 0 amide bonds. The summed E-state index contributed by atoms with van der Waals surface area (Å²) in [6.07, 6.45) is 3.30. The lowest BCUT2D eigenvalue weighted by Crippen LogP contribution is -2.31. The van der Waals surface area contributed by atoms with Gasteiger partial charge in [0.1, 0.15) is 5.75 Å². The molecule has 1 unspecified atom stereocenters. The number of hydrogen-bond acceptors (Lipinski definition) is 2. The fourth-order valence-electron chi connectivity index (χ4n) is 2.35. The van der Waals surface area contributed by atoms with Gasteiger partial charge in [-0.15, -0.1) is 0 Å². The zero-order chi connectivity index (χ0) is 10.7. The molecule has 0 spiro atoms. The number of benzene rings is 1. The molecule has 2 rings (SSSR count). The van der Waals surface area contributed by atoms with E-state index in [0.717, 1.165) is 31.6 Å². The van der Waals surface area contributed by atoms with Crippen molar-refractivity contribution in [3.05, 3.63) is 29.8 Å². The Morgan fingerprint density at radius 2 is 2.27 bits per heavy atom. The minimum absolute atomic E-state index is 0.278. The minimum atomic E-state index is 0.278. The summed E-state index contributed by atoms with van der Waals surface area (Å²) in [5.41, 5.74) is 7.51. The van der Waals surface area contributed by atoms with E-state index < -0.39 is 0 Å². The first-order valence-corrected chi connectivity index (χ1v) is 5.80. The Labute approximate surface area is 91.4 Å². The van der Waals surface area contributed by atoms with Crippen LogP contribution in [0.4, 0.5) is 0 Å². The van der Waals surface area contributed by atoms with Crippen LogP contribution in [-0.4, -0.2) is 12.6 Å². The molecule has 1 aromatic carbocycles. The van der Waals surface area contributed by atoms with Crippen molar-refractivity contribution in [2.24, 2.45) is 5.73 Å². The molecule has 0 aliphatic carbocycles. The van der Waals surface area contributed by atoms with E-state index in [1.165, 1.54) is 5.56 Å². The van der Waals surface area contributed by atoms with Gasteiger partial charge in [0.15, 0.2) is 0 Å². The molecular formula is C13H19NO. The molecular weight excluding hydrogens is 186 g/mol. The van der Waals surface area contributed by atoms with Crippen molar-refractivity contribution in [3.63, 3.8) is 0 Å².